The summed E-state index contributed by atoms with van der Waals surface area (Å²) in [5.41, 5.74) is 12.8. The maximum atomic E-state index is 13.8. The van der Waals surface area contributed by atoms with Gasteiger partial charge in [-0.1, -0.05) is 18.2 Å². The van der Waals surface area contributed by atoms with Crippen LogP contribution in [-0.4, -0.2) is 74.2 Å². The molecule has 1 aliphatic rings. The number of imidazole rings is 1. The van der Waals surface area contributed by atoms with E-state index in [-0.39, 0.29) is 23.7 Å². The predicted molar refractivity (Wildman–Crippen MR) is 143 cm³/mol. The monoisotopic (exact) mass is 579 g/mol. The predicted octanol–water partition coefficient (Wildman–Crippen LogP) is 1.53. The van der Waals surface area contributed by atoms with Gasteiger partial charge in [0.1, 0.15) is 24.0 Å². The second-order valence-corrected chi connectivity index (χ2v) is 11.0. The highest BCUT2D eigenvalue weighted by Gasteiger charge is 2.45. The normalized spacial score (nSPS) is 23.2. The summed E-state index contributed by atoms with van der Waals surface area (Å²) >= 11 is 0. The molecule has 1 aromatic carbocycles. The van der Waals surface area contributed by atoms with E-state index in [0.29, 0.717) is 17.8 Å². The van der Waals surface area contributed by atoms with E-state index in [1.807, 2.05) is 0 Å². The molecular weight excluding hydrogens is 545 g/mol. The number of aliphatic hydroxyl groups is 1. The summed E-state index contributed by atoms with van der Waals surface area (Å²) in [5.74, 6) is -0.252. The molecule has 1 saturated heterocycles. The molecular formula is C24H34N7O8P. The van der Waals surface area contributed by atoms with Crippen molar-refractivity contribution in [3.05, 3.63) is 36.7 Å². The second kappa shape index (κ2) is 12.5. The van der Waals surface area contributed by atoms with Crippen molar-refractivity contribution in [1.82, 2.24) is 24.6 Å². The first-order valence-electron chi connectivity index (χ1n) is 12.7. The number of ether oxygens (including phenoxy) is 3. The SMILES string of the molecule is CCOc1nc(N)nc2c1ncn2[C@@H]1O[C@H](CO[P@@](=O)(N[C@@H](C)C(=O)OC(C)C)Oc2ccccc2)[C@@H](O)[C@H]1N. The molecule has 0 saturated carbocycles. The number of hydrogen-bond donors (Lipinski definition) is 4. The van der Waals surface area contributed by atoms with Crippen LogP contribution in [-0.2, 0) is 23.4 Å². The molecule has 1 fully saturated rings. The average molecular weight is 580 g/mol. The van der Waals surface area contributed by atoms with E-state index >= 15 is 0 Å². The van der Waals surface area contributed by atoms with Crippen LogP contribution in [0.1, 0.15) is 33.9 Å². The zero-order chi connectivity index (χ0) is 29.0. The number of esters is 1. The Kier molecular flexibility index (Phi) is 9.23. The van der Waals surface area contributed by atoms with Crippen LogP contribution >= 0.6 is 7.75 Å². The Morgan fingerprint density at radius 3 is 2.65 bits per heavy atom. The first-order chi connectivity index (χ1) is 19.0. The molecule has 3 heterocycles. The number of nitrogens with zero attached hydrogens (tertiary/aromatic N) is 4. The van der Waals surface area contributed by atoms with Crippen molar-refractivity contribution in [2.24, 2.45) is 5.73 Å². The van der Waals surface area contributed by atoms with Gasteiger partial charge in [-0.2, -0.15) is 15.1 Å². The number of anilines is 1. The van der Waals surface area contributed by atoms with Crippen molar-refractivity contribution in [3.63, 3.8) is 0 Å². The highest BCUT2D eigenvalue weighted by molar-refractivity contribution is 7.52. The minimum absolute atomic E-state index is 0.0418. The molecule has 0 amide bonds. The van der Waals surface area contributed by atoms with Crippen molar-refractivity contribution < 1.29 is 37.7 Å². The van der Waals surface area contributed by atoms with Gasteiger partial charge in [0, 0.05) is 0 Å². The third kappa shape index (κ3) is 6.69. The van der Waals surface area contributed by atoms with Gasteiger partial charge >= 0.3 is 13.7 Å². The molecule has 40 heavy (non-hydrogen) atoms. The molecule has 15 nitrogen and oxygen atoms in total. The molecule has 3 aromatic rings. The number of para-hydroxylation sites is 1. The molecule has 2 aromatic heterocycles. The fourth-order valence-corrected chi connectivity index (χ4v) is 5.49. The molecule has 218 valence electrons. The van der Waals surface area contributed by atoms with E-state index in [1.54, 1.807) is 51.1 Å². The third-order valence-electron chi connectivity index (χ3n) is 5.82. The van der Waals surface area contributed by atoms with Gasteiger partial charge in [-0.05, 0) is 39.8 Å². The Balaban J connectivity index is 1.52. The number of benzene rings is 1. The maximum absolute atomic E-state index is 13.8. The van der Waals surface area contributed by atoms with Crippen LogP contribution in [0.15, 0.2) is 36.7 Å². The zero-order valence-electron chi connectivity index (χ0n) is 22.5. The lowest BCUT2D eigenvalue weighted by molar-refractivity contribution is -0.149. The molecule has 0 unspecified atom stereocenters. The number of aliphatic hydroxyl groups excluding tert-OH is 1. The lowest BCUT2D eigenvalue weighted by atomic mass is 10.1. The molecule has 0 aliphatic carbocycles. The average Bonchev–Trinajstić information content (AvgIpc) is 3.43. The molecule has 1 aliphatic heterocycles. The van der Waals surface area contributed by atoms with E-state index in [4.69, 9.17) is 34.7 Å². The van der Waals surface area contributed by atoms with Crippen LogP contribution in [0.2, 0.25) is 0 Å². The van der Waals surface area contributed by atoms with Crippen molar-refractivity contribution >= 4 is 30.8 Å². The Morgan fingerprint density at radius 2 is 1.98 bits per heavy atom. The fraction of sp³-hybridized carbons (Fsp3) is 0.500. The number of rotatable bonds is 12. The smallest absolute Gasteiger partial charge is 0.459 e. The highest BCUT2D eigenvalue weighted by atomic mass is 31.2. The fourth-order valence-electron chi connectivity index (χ4n) is 3.99. The minimum Gasteiger partial charge on any atom is -0.476 e. The summed E-state index contributed by atoms with van der Waals surface area (Å²) in [5, 5.41) is 13.5. The molecule has 0 radical (unpaired) electrons. The number of nitrogen functional groups attached to an aromatic ring is 1. The Morgan fingerprint density at radius 1 is 1.25 bits per heavy atom. The van der Waals surface area contributed by atoms with Gasteiger partial charge in [0.05, 0.1) is 31.7 Å². The van der Waals surface area contributed by atoms with Crippen LogP contribution in [0, 0.1) is 0 Å². The number of nitrogens with one attached hydrogen (secondary N) is 1. The molecule has 6 atom stereocenters. The van der Waals surface area contributed by atoms with Crippen LogP contribution < -0.4 is 25.8 Å². The Hall–Kier alpha value is -3.33. The topological polar surface area (TPSA) is 208 Å². The van der Waals surface area contributed by atoms with Gasteiger partial charge in [-0.3, -0.25) is 13.9 Å². The first-order valence-corrected chi connectivity index (χ1v) is 14.2. The van der Waals surface area contributed by atoms with Gasteiger partial charge in [0.15, 0.2) is 17.4 Å². The van der Waals surface area contributed by atoms with Crippen molar-refractivity contribution in [1.29, 1.82) is 0 Å². The Bertz CT molecular complexity index is 1360. The number of fused-ring (bicyclic) bond motifs is 1. The molecule has 4 rings (SSSR count). The van der Waals surface area contributed by atoms with Crippen LogP contribution in [0.4, 0.5) is 5.95 Å². The first kappa shape index (κ1) is 29.6. The quantitative estimate of drug-likeness (QED) is 0.177. The maximum Gasteiger partial charge on any atom is 0.459 e. The lowest BCUT2D eigenvalue weighted by Crippen LogP contribution is -2.41. The van der Waals surface area contributed by atoms with E-state index in [9.17, 15) is 14.5 Å². The van der Waals surface area contributed by atoms with Crippen molar-refractivity contribution in [3.8, 4) is 11.6 Å². The van der Waals surface area contributed by atoms with Crippen LogP contribution in [0.3, 0.4) is 0 Å². The molecule has 16 heteroatoms. The summed E-state index contributed by atoms with van der Waals surface area (Å²) in [7, 11) is -4.19. The number of hydrogen-bond acceptors (Lipinski definition) is 13. The minimum atomic E-state index is -4.19. The lowest BCUT2D eigenvalue weighted by Gasteiger charge is -2.25. The van der Waals surface area contributed by atoms with Gasteiger partial charge in [0.25, 0.3) is 0 Å². The second-order valence-electron chi connectivity index (χ2n) is 9.31. The van der Waals surface area contributed by atoms with Gasteiger partial charge in [-0.25, -0.2) is 9.55 Å². The van der Waals surface area contributed by atoms with Gasteiger partial charge < -0.3 is 35.3 Å². The van der Waals surface area contributed by atoms with Gasteiger partial charge in [0.2, 0.25) is 11.8 Å². The number of carbonyl (C=O) groups excluding carboxylic acids is 1. The highest BCUT2D eigenvalue weighted by Crippen LogP contribution is 2.46. The standard InChI is InChI=1S/C24H34N7O8P/c1-5-35-21-18-20(28-24(26)29-21)31(12-27-18)22-17(25)19(32)16(38-22)11-36-40(34,39-15-9-7-6-8-10-15)30-14(4)23(33)37-13(2)3/h6-10,12-14,16-17,19,22,32H,5,11,25H2,1-4H3,(H,30,34)(H2,26,28,29)/t14-,16+,17+,19+,22+,40-/m0/s1. The van der Waals surface area contributed by atoms with Crippen molar-refractivity contribution in [2.45, 2.75) is 64.3 Å². The Labute approximate surface area is 230 Å². The largest absolute Gasteiger partial charge is 0.476 e. The number of aromatic nitrogens is 4. The summed E-state index contributed by atoms with van der Waals surface area (Å²) in [6, 6.07) is 6.31. The van der Waals surface area contributed by atoms with E-state index in [2.05, 4.69) is 20.0 Å². The molecule has 0 bridgehead atoms. The number of nitrogens with two attached hydrogens (primary N) is 2. The number of carbonyl (C=O) groups is 1. The summed E-state index contributed by atoms with van der Waals surface area (Å²) in [4.78, 5) is 25.0. The molecule has 0 spiro atoms. The summed E-state index contributed by atoms with van der Waals surface area (Å²) in [6.07, 6.45) is -2.15. The third-order valence-corrected chi connectivity index (χ3v) is 7.46. The van der Waals surface area contributed by atoms with Crippen molar-refractivity contribution in [2.75, 3.05) is 18.9 Å². The van der Waals surface area contributed by atoms with E-state index < -0.39 is 50.8 Å². The van der Waals surface area contributed by atoms with E-state index in [1.165, 1.54) is 17.8 Å². The molecule has 6 N–H and O–H groups in total. The van der Waals surface area contributed by atoms with Crippen LogP contribution in [0.5, 0.6) is 11.6 Å². The zero-order valence-corrected chi connectivity index (χ0v) is 23.4. The summed E-state index contributed by atoms with van der Waals surface area (Å²) < 4.78 is 43.3. The van der Waals surface area contributed by atoms with Crippen LogP contribution in [0.25, 0.3) is 11.2 Å². The summed E-state index contributed by atoms with van der Waals surface area (Å²) in [6.45, 7) is 6.59. The van der Waals surface area contributed by atoms with Gasteiger partial charge in [-0.15, -0.1) is 0 Å². The van der Waals surface area contributed by atoms with E-state index in [0.717, 1.165) is 0 Å².